The number of para-hydroxylation sites is 1. The van der Waals surface area contributed by atoms with Crippen LogP contribution in [0.3, 0.4) is 0 Å². The minimum absolute atomic E-state index is 0.0705. The van der Waals surface area contributed by atoms with E-state index in [1.807, 2.05) is 0 Å². The lowest BCUT2D eigenvalue weighted by Gasteiger charge is -2.35. The van der Waals surface area contributed by atoms with Crippen LogP contribution in [0.1, 0.15) is 22.3 Å². The van der Waals surface area contributed by atoms with Crippen LogP contribution in [0.5, 0.6) is 5.75 Å². The summed E-state index contributed by atoms with van der Waals surface area (Å²) in [5.74, 6) is -3.25. The van der Waals surface area contributed by atoms with Crippen LogP contribution in [0.15, 0.2) is 36.4 Å². The van der Waals surface area contributed by atoms with Gasteiger partial charge in [0.2, 0.25) is 5.91 Å². The van der Waals surface area contributed by atoms with Gasteiger partial charge in [-0.1, -0.05) is 12.1 Å². The van der Waals surface area contributed by atoms with Crippen LogP contribution >= 0.6 is 0 Å². The highest BCUT2D eigenvalue weighted by Gasteiger charge is 2.27. The van der Waals surface area contributed by atoms with Gasteiger partial charge in [-0.05, 0) is 30.2 Å². The summed E-state index contributed by atoms with van der Waals surface area (Å²) in [5, 5.41) is 0. The summed E-state index contributed by atoms with van der Waals surface area (Å²) in [6.45, 7) is 1.39. The SMILES string of the molecule is COc1ccccc1C(=O)N1CCN(C(=O)C[C@H](N)Cc2cc(F)c(F)cc2F)CC1. The molecule has 0 radical (unpaired) electrons. The van der Waals surface area contributed by atoms with Crippen molar-refractivity contribution in [2.45, 2.75) is 18.9 Å². The summed E-state index contributed by atoms with van der Waals surface area (Å²) < 4.78 is 45.4. The first-order valence-electron chi connectivity index (χ1n) is 9.89. The molecule has 2 N–H and O–H groups in total. The normalized spacial score (nSPS) is 15.0. The molecule has 0 spiro atoms. The first-order valence-corrected chi connectivity index (χ1v) is 9.89. The van der Waals surface area contributed by atoms with Crippen molar-refractivity contribution in [3.8, 4) is 5.75 Å². The Bertz CT molecular complexity index is 962. The monoisotopic (exact) mass is 435 g/mol. The van der Waals surface area contributed by atoms with E-state index in [1.54, 1.807) is 34.1 Å². The zero-order chi connectivity index (χ0) is 22.5. The maximum absolute atomic E-state index is 13.8. The van der Waals surface area contributed by atoms with Crippen molar-refractivity contribution in [2.24, 2.45) is 5.73 Å². The topological polar surface area (TPSA) is 75.9 Å². The molecule has 2 aromatic carbocycles. The molecule has 6 nitrogen and oxygen atoms in total. The number of amides is 2. The van der Waals surface area contributed by atoms with Crippen LogP contribution in [-0.2, 0) is 11.2 Å². The average Bonchev–Trinajstić information content (AvgIpc) is 2.77. The Balaban J connectivity index is 1.53. The number of carbonyl (C=O) groups is 2. The minimum atomic E-state index is -1.27. The van der Waals surface area contributed by atoms with Crippen molar-refractivity contribution in [2.75, 3.05) is 33.3 Å². The quantitative estimate of drug-likeness (QED) is 0.707. The molecule has 31 heavy (non-hydrogen) atoms. The molecule has 1 aliphatic heterocycles. The fourth-order valence-electron chi connectivity index (χ4n) is 3.58. The largest absolute Gasteiger partial charge is 0.496 e. The number of benzene rings is 2. The van der Waals surface area contributed by atoms with Crippen LogP contribution in [0.25, 0.3) is 0 Å². The fraction of sp³-hybridized carbons (Fsp3) is 0.364. The van der Waals surface area contributed by atoms with Gasteiger partial charge >= 0.3 is 0 Å². The summed E-state index contributed by atoms with van der Waals surface area (Å²) >= 11 is 0. The van der Waals surface area contributed by atoms with E-state index in [1.165, 1.54) is 7.11 Å². The number of nitrogens with two attached hydrogens (primary N) is 1. The van der Waals surface area contributed by atoms with E-state index in [-0.39, 0.29) is 30.2 Å². The van der Waals surface area contributed by atoms with Gasteiger partial charge in [0.15, 0.2) is 11.6 Å². The summed E-state index contributed by atoms with van der Waals surface area (Å²) in [6, 6.07) is 7.42. The molecule has 3 rings (SSSR count). The van der Waals surface area contributed by atoms with E-state index in [9.17, 15) is 22.8 Å². The van der Waals surface area contributed by atoms with Crippen molar-refractivity contribution in [1.82, 2.24) is 9.80 Å². The Labute approximate surface area is 178 Å². The third-order valence-electron chi connectivity index (χ3n) is 5.27. The number of hydrogen-bond acceptors (Lipinski definition) is 4. The number of carbonyl (C=O) groups excluding carboxylic acids is 2. The molecule has 0 saturated carbocycles. The number of rotatable bonds is 6. The van der Waals surface area contributed by atoms with Crippen molar-refractivity contribution in [3.63, 3.8) is 0 Å². The van der Waals surface area contributed by atoms with Gasteiger partial charge < -0.3 is 20.3 Å². The second-order valence-electron chi connectivity index (χ2n) is 7.40. The first-order chi connectivity index (χ1) is 14.8. The predicted molar refractivity (Wildman–Crippen MR) is 108 cm³/mol. The summed E-state index contributed by atoms with van der Waals surface area (Å²) in [7, 11) is 1.50. The lowest BCUT2D eigenvalue weighted by molar-refractivity contribution is -0.133. The number of methoxy groups -OCH3 is 1. The Kier molecular flexibility index (Phi) is 7.17. The van der Waals surface area contributed by atoms with Gasteiger partial charge in [-0.15, -0.1) is 0 Å². The van der Waals surface area contributed by atoms with Crippen LogP contribution < -0.4 is 10.5 Å². The highest BCUT2D eigenvalue weighted by molar-refractivity contribution is 5.97. The summed E-state index contributed by atoms with van der Waals surface area (Å²) in [6.07, 6.45) is -0.167. The van der Waals surface area contributed by atoms with E-state index < -0.39 is 23.5 Å². The molecule has 1 saturated heterocycles. The molecule has 1 fully saturated rings. The number of ether oxygens (including phenoxy) is 1. The van der Waals surface area contributed by atoms with Gasteiger partial charge in [0, 0.05) is 44.7 Å². The molecule has 0 aromatic heterocycles. The van der Waals surface area contributed by atoms with E-state index in [0.29, 0.717) is 43.6 Å². The zero-order valence-electron chi connectivity index (χ0n) is 17.1. The van der Waals surface area contributed by atoms with Crippen LogP contribution in [0.4, 0.5) is 13.2 Å². The molecule has 1 atom stereocenters. The number of halogens is 3. The minimum Gasteiger partial charge on any atom is -0.496 e. The van der Waals surface area contributed by atoms with Crippen LogP contribution in [-0.4, -0.2) is 60.9 Å². The lowest BCUT2D eigenvalue weighted by Crippen LogP contribution is -2.51. The van der Waals surface area contributed by atoms with Gasteiger partial charge in [0.05, 0.1) is 12.7 Å². The molecule has 2 aromatic rings. The van der Waals surface area contributed by atoms with Gasteiger partial charge in [-0.3, -0.25) is 9.59 Å². The van der Waals surface area contributed by atoms with Gasteiger partial charge in [0.25, 0.3) is 5.91 Å². The van der Waals surface area contributed by atoms with Crippen molar-refractivity contribution in [1.29, 1.82) is 0 Å². The molecule has 2 amide bonds. The summed E-state index contributed by atoms with van der Waals surface area (Å²) in [4.78, 5) is 28.5. The van der Waals surface area contributed by atoms with Crippen molar-refractivity contribution in [3.05, 3.63) is 65.0 Å². The molecule has 166 valence electrons. The second-order valence-corrected chi connectivity index (χ2v) is 7.40. The molecule has 1 heterocycles. The smallest absolute Gasteiger partial charge is 0.257 e. The fourth-order valence-corrected chi connectivity index (χ4v) is 3.58. The second kappa shape index (κ2) is 9.82. The molecule has 0 unspecified atom stereocenters. The number of nitrogens with zero attached hydrogens (tertiary/aromatic N) is 2. The van der Waals surface area contributed by atoms with Crippen LogP contribution in [0, 0.1) is 17.5 Å². The highest BCUT2D eigenvalue weighted by atomic mass is 19.2. The van der Waals surface area contributed by atoms with Gasteiger partial charge in [0.1, 0.15) is 11.6 Å². The van der Waals surface area contributed by atoms with E-state index in [0.717, 1.165) is 6.07 Å². The third-order valence-corrected chi connectivity index (χ3v) is 5.27. The number of piperazine rings is 1. The molecular weight excluding hydrogens is 411 g/mol. The molecule has 9 heteroatoms. The van der Waals surface area contributed by atoms with E-state index in [2.05, 4.69) is 0 Å². The standard InChI is InChI=1S/C22H24F3N3O3/c1-31-20-5-3-2-4-16(20)22(30)28-8-6-27(7-9-28)21(29)12-15(26)10-14-11-18(24)19(25)13-17(14)23/h2-5,11,13,15H,6-10,12,26H2,1H3/t15-/m1/s1. The van der Waals surface area contributed by atoms with Gasteiger partial charge in [-0.25, -0.2) is 13.2 Å². The predicted octanol–water partition coefficient (Wildman–Crippen LogP) is 2.36. The maximum Gasteiger partial charge on any atom is 0.257 e. The molecule has 0 bridgehead atoms. The molecular formula is C22H24F3N3O3. The molecule has 0 aliphatic carbocycles. The Hall–Kier alpha value is -3.07. The number of hydrogen-bond donors (Lipinski definition) is 1. The Morgan fingerprint density at radius 3 is 2.29 bits per heavy atom. The van der Waals surface area contributed by atoms with Crippen molar-refractivity contribution >= 4 is 11.8 Å². The van der Waals surface area contributed by atoms with Crippen LogP contribution in [0.2, 0.25) is 0 Å². The zero-order valence-corrected chi connectivity index (χ0v) is 17.1. The highest BCUT2D eigenvalue weighted by Crippen LogP contribution is 2.21. The maximum atomic E-state index is 13.8. The Morgan fingerprint density at radius 1 is 1.00 bits per heavy atom. The van der Waals surface area contributed by atoms with Gasteiger partial charge in [-0.2, -0.15) is 0 Å². The van der Waals surface area contributed by atoms with E-state index in [4.69, 9.17) is 10.5 Å². The first kappa shape index (κ1) is 22.6. The summed E-state index contributed by atoms with van der Waals surface area (Å²) in [5.41, 5.74) is 6.33. The van der Waals surface area contributed by atoms with Crippen molar-refractivity contribution < 1.29 is 27.5 Å². The Morgan fingerprint density at radius 2 is 1.61 bits per heavy atom. The van der Waals surface area contributed by atoms with E-state index >= 15 is 0 Å². The average molecular weight is 435 g/mol. The third kappa shape index (κ3) is 5.35. The lowest BCUT2D eigenvalue weighted by atomic mass is 10.0. The molecule has 1 aliphatic rings.